The Morgan fingerprint density at radius 3 is 2.75 bits per heavy atom. The summed E-state index contributed by atoms with van der Waals surface area (Å²) in [4.78, 5) is 4.00. The number of nitriles is 1. The summed E-state index contributed by atoms with van der Waals surface area (Å²) in [6.45, 7) is 0. The second-order valence-electron chi connectivity index (χ2n) is 2.91. The van der Waals surface area contributed by atoms with Crippen molar-refractivity contribution >= 4 is 0 Å². The van der Waals surface area contributed by atoms with Crippen molar-refractivity contribution in [2.45, 2.75) is 0 Å². The van der Waals surface area contributed by atoms with E-state index in [-0.39, 0.29) is 31.2 Å². The Morgan fingerprint density at radius 2 is 2.12 bits per heavy atom. The minimum Gasteiger partial charge on any atom is -0.305 e. The van der Waals surface area contributed by atoms with Gasteiger partial charge in [0.15, 0.2) is 0 Å². The third-order valence-electron chi connectivity index (χ3n) is 1.98. The minimum absolute atomic E-state index is 0. The Labute approximate surface area is 106 Å². The third-order valence-corrected chi connectivity index (χ3v) is 1.98. The second kappa shape index (κ2) is 5.50. The first-order chi connectivity index (χ1) is 7.33. The van der Waals surface area contributed by atoms with Gasteiger partial charge in [0.05, 0.1) is 11.9 Å². The van der Waals surface area contributed by atoms with Crippen LogP contribution < -0.4 is 0 Å². The molecule has 81 valence electrons. The van der Waals surface area contributed by atoms with E-state index in [1.165, 1.54) is 12.1 Å². The second-order valence-corrected chi connectivity index (χ2v) is 2.91. The Hall–Kier alpha value is -1.56. The van der Waals surface area contributed by atoms with Crippen molar-refractivity contribution in [3.8, 4) is 17.3 Å². The summed E-state index contributed by atoms with van der Waals surface area (Å²) >= 11 is 0. The van der Waals surface area contributed by atoms with Crippen LogP contribution in [0.15, 0.2) is 36.5 Å². The predicted molar refractivity (Wildman–Crippen MR) is 53.2 cm³/mol. The van der Waals surface area contributed by atoms with Crippen molar-refractivity contribution in [1.82, 2.24) is 4.98 Å². The van der Waals surface area contributed by atoms with E-state index in [2.05, 4.69) is 11.1 Å². The van der Waals surface area contributed by atoms with Gasteiger partial charge in [0.2, 0.25) is 0 Å². The standard InChI is InChI=1S/C12H6FN2.Ir/c13-12-9(8-14)4-3-5-10(12)11-6-1-2-7-15-11;/h1-4,6-7H;/q-1;. The summed E-state index contributed by atoms with van der Waals surface area (Å²) in [6, 6.07) is 12.6. The van der Waals surface area contributed by atoms with Crippen LogP contribution in [0, 0.1) is 23.2 Å². The van der Waals surface area contributed by atoms with Crippen LogP contribution in [0.3, 0.4) is 0 Å². The molecule has 2 aromatic rings. The van der Waals surface area contributed by atoms with Gasteiger partial charge in [-0.05, 0) is 11.8 Å². The minimum atomic E-state index is -0.571. The fourth-order valence-electron chi connectivity index (χ4n) is 1.26. The van der Waals surface area contributed by atoms with Gasteiger partial charge in [-0.2, -0.15) is 5.26 Å². The fraction of sp³-hybridized carbons (Fsp3) is 0. The van der Waals surface area contributed by atoms with Crippen molar-refractivity contribution < 1.29 is 24.5 Å². The fourth-order valence-corrected chi connectivity index (χ4v) is 1.26. The van der Waals surface area contributed by atoms with Crippen LogP contribution in [0.5, 0.6) is 0 Å². The number of hydrogen-bond acceptors (Lipinski definition) is 2. The smallest absolute Gasteiger partial charge is 0.0818 e. The molecular weight excluding hydrogens is 383 g/mol. The maximum absolute atomic E-state index is 13.7. The molecule has 0 bridgehead atoms. The molecule has 4 heteroatoms. The normalized spacial score (nSPS) is 9.00. The van der Waals surface area contributed by atoms with Crippen LogP contribution in [0.2, 0.25) is 0 Å². The summed E-state index contributed by atoms with van der Waals surface area (Å²) in [5.74, 6) is -0.571. The summed E-state index contributed by atoms with van der Waals surface area (Å²) < 4.78 is 13.7. The molecule has 1 radical (unpaired) electrons. The molecule has 0 aliphatic heterocycles. The average Bonchev–Trinajstić information content (AvgIpc) is 2.30. The molecule has 16 heavy (non-hydrogen) atoms. The number of hydrogen-bond donors (Lipinski definition) is 0. The average molecular weight is 389 g/mol. The van der Waals surface area contributed by atoms with E-state index in [0.29, 0.717) is 5.69 Å². The molecule has 2 rings (SSSR count). The van der Waals surface area contributed by atoms with Crippen LogP contribution in [0.4, 0.5) is 4.39 Å². The van der Waals surface area contributed by atoms with Crippen LogP contribution >= 0.6 is 0 Å². The van der Waals surface area contributed by atoms with Crippen molar-refractivity contribution in [2.75, 3.05) is 0 Å². The molecule has 1 aromatic carbocycles. The first-order valence-corrected chi connectivity index (χ1v) is 4.34. The number of aromatic nitrogens is 1. The molecule has 0 fully saturated rings. The Balaban J connectivity index is 0.00000128. The quantitative estimate of drug-likeness (QED) is 0.703. The molecule has 2 nitrogen and oxygen atoms in total. The van der Waals surface area contributed by atoms with Crippen LogP contribution in [-0.4, -0.2) is 4.98 Å². The zero-order valence-electron chi connectivity index (χ0n) is 8.07. The van der Waals surface area contributed by atoms with Gasteiger partial charge >= 0.3 is 0 Å². The largest absolute Gasteiger partial charge is 0.305 e. The monoisotopic (exact) mass is 390 g/mol. The molecule has 0 aliphatic rings. The molecule has 0 saturated carbocycles. The molecule has 0 aliphatic carbocycles. The van der Waals surface area contributed by atoms with Crippen molar-refractivity contribution in [3.05, 3.63) is 54.0 Å². The molecule has 1 heterocycles. The van der Waals surface area contributed by atoms with Crippen molar-refractivity contribution in [1.29, 1.82) is 5.26 Å². The molecule has 1 aromatic heterocycles. The Kier molecular flexibility index (Phi) is 4.30. The predicted octanol–water partition coefficient (Wildman–Crippen LogP) is 2.56. The molecule has 0 atom stereocenters. The molecule has 0 saturated heterocycles. The van der Waals surface area contributed by atoms with Gasteiger partial charge in [-0.3, -0.25) is 4.39 Å². The van der Waals surface area contributed by atoms with E-state index < -0.39 is 5.82 Å². The summed E-state index contributed by atoms with van der Waals surface area (Å²) in [5.41, 5.74) is 0.719. The maximum Gasteiger partial charge on any atom is 0.0818 e. The first kappa shape index (κ1) is 12.5. The Bertz CT molecular complexity index is 520. The molecule has 0 amide bonds. The number of halogens is 1. The van der Waals surface area contributed by atoms with Crippen LogP contribution in [-0.2, 0) is 20.1 Å². The van der Waals surface area contributed by atoms with Gasteiger partial charge in [0, 0.05) is 31.9 Å². The van der Waals surface area contributed by atoms with Crippen molar-refractivity contribution in [3.63, 3.8) is 0 Å². The zero-order valence-corrected chi connectivity index (χ0v) is 10.5. The number of rotatable bonds is 1. The zero-order chi connectivity index (χ0) is 10.7. The van der Waals surface area contributed by atoms with E-state index in [0.717, 1.165) is 0 Å². The van der Waals surface area contributed by atoms with Gasteiger partial charge in [0.25, 0.3) is 0 Å². The molecule has 0 N–H and O–H groups in total. The van der Waals surface area contributed by atoms with Crippen LogP contribution in [0.1, 0.15) is 5.56 Å². The van der Waals surface area contributed by atoms with Gasteiger partial charge in [-0.15, -0.1) is 18.2 Å². The molecule has 0 unspecified atom stereocenters. The number of pyridine rings is 1. The summed E-state index contributed by atoms with van der Waals surface area (Å²) in [6.07, 6.45) is 1.57. The third kappa shape index (κ3) is 2.33. The van der Waals surface area contributed by atoms with Gasteiger partial charge in [-0.25, -0.2) is 0 Å². The summed E-state index contributed by atoms with van der Waals surface area (Å²) in [7, 11) is 0. The number of nitrogens with zero attached hydrogens (tertiary/aromatic N) is 2. The van der Waals surface area contributed by atoms with Crippen molar-refractivity contribution in [2.24, 2.45) is 0 Å². The van der Waals surface area contributed by atoms with E-state index in [4.69, 9.17) is 5.26 Å². The maximum atomic E-state index is 13.7. The first-order valence-electron chi connectivity index (χ1n) is 4.34. The van der Waals surface area contributed by atoms with E-state index in [1.54, 1.807) is 30.5 Å². The number of benzene rings is 1. The van der Waals surface area contributed by atoms with E-state index >= 15 is 0 Å². The topological polar surface area (TPSA) is 36.7 Å². The summed E-state index contributed by atoms with van der Waals surface area (Å²) in [5, 5.41) is 8.67. The van der Waals surface area contributed by atoms with Crippen LogP contribution in [0.25, 0.3) is 11.3 Å². The van der Waals surface area contributed by atoms with Gasteiger partial charge in [0.1, 0.15) is 0 Å². The SMILES string of the molecule is N#Cc1cc[c-]c(-c2ccccn2)c1F.[Ir]. The van der Waals surface area contributed by atoms with E-state index in [1.807, 2.05) is 0 Å². The molecule has 0 spiro atoms. The Morgan fingerprint density at radius 1 is 1.31 bits per heavy atom. The van der Waals surface area contributed by atoms with E-state index in [9.17, 15) is 4.39 Å². The van der Waals surface area contributed by atoms with Gasteiger partial charge in [-0.1, -0.05) is 17.7 Å². The van der Waals surface area contributed by atoms with Gasteiger partial charge < -0.3 is 4.98 Å². The molecular formula is C12H6FIrN2-.